The third kappa shape index (κ3) is 5.49. The zero-order chi connectivity index (χ0) is 20.6. The van der Waals surface area contributed by atoms with Crippen molar-refractivity contribution in [2.24, 2.45) is 5.92 Å². The molecule has 5 nitrogen and oxygen atoms in total. The van der Waals surface area contributed by atoms with Crippen LogP contribution >= 0.6 is 0 Å². The minimum atomic E-state index is -0.627. The number of carbonyl (C=O) groups is 1. The first-order valence-corrected chi connectivity index (χ1v) is 10.9. The number of aliphatic hydroxyl groups excluding tert-OH is 1. The Morgan fingerprint density at radius 1 is 1.03 bits per heavy atom. The van der Waals surface area contributed by atoms with Gasteiger partial charge in [0.15, 0.2) is 0 Å². The second-order valence-electron chi connectivity index (χ2n) is 8.29. The molecule has 2 amide bonds. The molecule has 0 aromatic heterocycles. The number of rotatable bonds is 8. The Labute approximate surface area is 175 Å². The minimum Gasteiger partial charge on any atom is -0.390 e. The summed E-state index contributed by atoms with van der Waals surface area (Å²) in [5, 5.41) is 15.0. The van der Waals surface area contributed by atoms with Crippen LogP contribution in [0.1, 0.15) is 37.7 Å². The van der Waals surface area contributed by atoms with Gasteiger partial charge >= 0.3 is 6.03 Å². The number of amides is 2. The number of aliphatic hydroxyl groups is 1. The lowest BCUT2D eigenvalue weighted by molar-refractivity contribution is -0.0165. The van der Waals surface area contributed by atoms with Gasteiger partial charge in [-0.25, -0.2) is 9.80 Å². The minimum absolute atomic E-state index is 0.0712. The first kappa shape index (κ1) is 21.6. The van der Waals surface area contributed by atoms with Gasteiger partial charge in [0.2, 0.25) is 0 Å². The van der Waals surface area contributed by atoms with E-state index in [2.05, 4.69) is 30.3 Å². The molecule has 1 N–H and O–H groups in total. The highest BCUT2D eigenvalue weighted by Gasteiger charge is 2.39. The summed E-state index contributed by atoms with van der Waals surface area (Å²) in [7, 11) is 0. The molecule has 1 saturated carbocycles. The van der Waals surface area contributed by atoms with Crippen molar-refractivity contribution in [3.63, 3.8) is 0 Å². The molecule has 0 radical (unpaired) electrons. The summed E-state index contributed by atoms with van der Waals surface area (Å²) in [6.45, 7) is 9.84. The van der Waals surface area contributed by atoms with Crippen LogP contribution in [0.2, 0.25) is 0 Å². The number of hydrazine groups is 1. The molecule has 1 saturated heterocycles. The van der Waals surface area contributed by atoms with Crippen molar-refractivity contribution in [3.8, 4) is 0 Å². The van der Waals surface area contributed by atoms with Crippen LogP contribution in [-0.2, 0) is 6.42 Å². The third-order valence-corrected chi connectivity index (χ3v) is 6.16. The average molecular weight is 398 g/mol. The molecule has 3 rings (SSSR count). The summed E-state index contributed by atoms with van der Waals surface area (Å²) in [6.07, 6.45) is 9.73. The molecule has 1 aliphatic carbocycles. The number of hydrogen-bond donors (Lipinski definition) is 1. The Bertz CT molecular complexity index is 672. The molecule has 1 aromatic rings. The molecule has 1 heterocycles. The van der Waals surface area contributed by atoms with Crippen molar-refractivity contribution in [1.29, 1.82) is 0 Å². The van der Waals surface area contributed by atoms with Crippen LogP contribution in [0, 0.1) is 5.92 Å². The van der Waals surface area contributed by atoms with Crippen LogP contribution in [0.5, 0.6) is 0 Å². The zero-order valence-corrected chi connectivity index (χ0v) is 17.5. The van der Waals surface area contributed by atoms with E-state index in [1.165, 1.54) is 32.1 Å². The van der Waals surface area contributed by atoms with Crippen LogP contribution in [0.4, 0.5) is 4.79 Å². The number of carbonyl (C=O) groups excluding carboxylic acids is 1. The molecule has 158 valence electrons. The van der Waals surface area contributed by atoms with E-state index < -0.39 is 6.10 Å². The smallest absolute Gasteiger partial charge is 0.335 e. The van der Waals surface area contributed by atoms with Crippen molar-refractivity contribution in [3.05, 3.63) is 61.2 Å². The number of hydrogen-bond acceptors (Lipinski definition) is 3. The number of β-amino-alcohol motifs (C(OH)–C–C–N with tert-alkyl or cyclic N) is 1. The Hall–Kier alpha value is -2.11. The fourth-order valence-electron chi connectivity index (χ4n) is 4.67. The van der Waals surface area contributed by atoms with Gasteiger partial charge in [-0.15, -0.1) is 13.2 Å². The summed E-state index contributed by atoms with van der Waals surface area (Å²) in [4.78, 5) is 15.3. The van der Waals surface area contributed by atoms with Crippen molar-refractivity contribution in [2.45, 2.75) is 50.7 Å². The lowest BCUT2D eigenvalue weighted by Gasteiger charge is -2.37. The summed E-state index contributed by atoms with van der Waals surface area (Å²) in [6, 6.07) is 9.72. The molecule has 0 spiro atoms. The second kappa shape index (κ2) is 10.6. The first-order valence-electron chi connectivity index (χ1n) is 10.9. The summed E-state index contributed by atoms with van der Waals surface area (Å²) >= 11 is 0. The molecule has 5 heteroatoms. The van der Waals surface area contributed by atoms with E-state index in [4.69, 9.17) is 0 Å². The van der Waals surface area contributed by atoms with Crippen LogP contribution in [0.3, 0.4) is 0 Å². The van der Waals surface area contributed by atoms with Crippen molar-refractivity contribution in [2.75, 3.05) is 26.2 Å². The average Bonchev–Trinajstić information content (AvgIpc) is 2.82. The number of benzene rings is 1. The van der Waals surface area contributed by atoms with Crippen LogP contribution in [-0.4, -0.2) is 64.4 Å². The van der Waals surface area contributed by atoms with Gasteiger partial charge < -0.3 is 10.0 Å². The van der Waals surface area contributed by atoms with Crippen LogP contribution in [0.15, 0.2) is 55.6 Å². The molecular formula is C24H35N3O2. The van der Waals surface area contributed by atoms with E-state index in [0.29, 0.717) is 32.0 Å². The van der Waals surface area contributed by atoms with E-state index in [1.54, 1.807) is 22.1 Å². The molecule has 2 fully saturated rings. The Morgan fingerprint density at radius 3 is 2.38 bits per heavy atom. The fraction of sp³-hybridized carbons (Fsp3) is 0.542. The van der Waals surface area contributed by atoms with Crippen molar-refractivity contribution in [1.82, 2.24) is 14.9 Å². The molecular weight excluding hydrogens is 362 g/mol. The topological polar surface area (TPSA) is 47.0 Å². The maximum absolute atomic E-state index is 13.5. The maximum atomic E-state index is 13.5. The standard InChI is InChI=1S/C24H35N3O2/c1-3-15-26-22(17-20-11-7-5-8-12-20)23(28)19-25(27(16-4-2)24(26)29)18-21-13-9-6-10-14-21/h3-5,7-8,11-12,21-23,28H,1-2,6,9-10,13-19H2/t22-,23-/m1/s1. The van der Waals surface area contributed by atoms with Crippen molar-refractivity contribution < 1.29 is 9.90 Å². The predicted molar refractivity (Wildman–Crippen MR) is 117 cm³/mol. The molecule has 2 aliphatic rings. The lowest BCUT2D eigenvalue weighted by atomic mass is 9.89. The van der Waals surface area contributed by atoms with Gasteiger partial charge in [-0.1, -0.05) is 61.7 Å². The van der Waals surface area contributed by atoms with E-state index in [0.717, 1.165) is 12.1 Å². The summed E-state index contributed by atoms with van der Waals surface area (Å²) in [5.74, 6) is 0.578. The van der Waals surface area contributed by atoms with Gasteiger partial charge in [0, 0.05) is 19.6 Å². The zero-order valence-electron chi connectivity index (χ0n) is 17.5. The van der Waals surface area contributed by atoms with Gasteiger partial charge in [-0.3, -0.25) is 5.01 Å². The molecule has 0 bridgehead atoms. The van der Waals surface area contributed by atoms with Gasteiger partial charge in [0.1, 0.15) is 0 Å². The highest BCUT2D eigenvalue weighted by Crippen LogP contribution is 2.27. The van der Waals surface area contributed by atoms with Gasteiger partial charge in [0.05, 0.1) is 18.7 Å². The molecule has 1 aromatic carbocycles. The SMILES string of the molecule is C=CCN1C(=O)N(CC=C)N(CC2CCCCC2)C[C@@H](O)[C@H]1Cc1ccccc1. The summed E-state index contributed by atoms with van der Waals surface area (Å²) < 4.78 is 0. The number of nitrogens with zero attached hydrogens (tertiary/aromatic N) is 3. The van der Waals surface area contributed by atoms with Gasteiger partial charge in [-0.05, 0) is 30.7 Å². The van der Waals surface area contributed by atoms with E-state index in [-0.39, 0.29) is 12.1 Å². The van der Waals surface area contributed by atoms with Crippen molar-refractivity contribution >= 4 is 6.03 Å². The summed E-state index contributed by atoms with van der Waals surface area (Å²) in [5.41, 5.74) is 1.12. The largest absolute Gasteiger partial charge is 0.390 e. The highest BCUT2D eigenvalue weighted by atomic mass is 16.3. The van der Waals surface area contributed by atoms with Crippen LogP contribution < -0.4 is 0 Å². The van der Waals surface area contributed by atoms with E-state index in [9.17, 15) is 9.90 Å². The first-order chi connectivity index (χ1) is 14.1. The molecule has 2 atom stereocenters. The lowest BCUT2D eigenvalue weighted by Crippen LogP contribution is -2.52. The Morgan fingerprint density at radius 2 is 1.72 bits per heavy atom. The predicted octanol–water partition coefficient (Wildman–Crippen LogP) is 3.87. The fourth-order valence-corrected chi connectivity index (χ4v) is 4.67. The molecule has 1 aliphatic heterocycles. The van der Waals surface area contributed by atoms with E-state index in [1.807, 2.05) is 18.2 Å². The van der Waals surface area contributed by atoms with Gasteiger partial charge in [-0.2, -0.15) is 0 Å². The maximum Gasteiger partial charge on any atom is 0.335 e. The highest BCUT2D eigenvalue weighted by molar-refractivity contribution is 5.75. The molecule has 0 unspecified atom stereocenters. The Balaban J connectivity index is 1.85. The second-order valence-corrected chi connectivity index (χ2v) is 8.29. The monoisotopic (exact) mass is 397 g/mol. The van der Waals surface area contributed by atoms with E-state index >= 15 is 0 Å². The normalized spacial score (nSPS) is 24.4. The van der Waals surface area contributed by atoms with Gasteiger partial charge in [0.25, 0.3) is 0 Å². The Kier molecular flexibility index (Phi) is 7.90. The van der Waals surface area contributed by atoms with Crippen LogP contribution in [0.25, 0.3) is 0 Å². The third-order valence-electron chi connectivity index (χ3n) is 6.16. The molecule has 29 heavy (non-hydrogen) atoms. The number of urea groups is 1. The quantitative estimate of drug-likeness (QED) is 0.678.